The smallest absolute Gasteiger partial charge is 0.334 e. The second-order valence-electron chi connectivity index (χ2n) is 7.47. The van der Waals surface area contributed by atoms with Crippen LogP contribution in [-0.4, -0.2) is 47.9 Å². The maximum atomic E-state index is 12.6. The Labute approximate surface area is 170 Å². The van der Waals surface area contributed by atoms with E-state index in [1.54, 1.807) is 19.9 Å². The van der Waals surface area contributed by atoms with Crippen molar-refractivity contribution < 1.29 is 33.7 Å². The average Bonchev–Trinajstić information content (AvgIpc) is 2.91. The molecule has 1 aliphatic carbocycles. The van der Waals surface area contributed by atoms with Gasteiger partial charge in [0, 0.05) is 24.5 Å². The molecule has 0 saturated carbocycles. The molecule has 2 aliphatic rings. The van der Waals surface area contributed by atoms with Crippen LogP contribution in [0.1, 0.15) is 40.5 Å². The van der Waals surface area contributed by atoms with Crippen LogP contribution in [0, 0.1) is 5.92 Å². The minimum atomic E-state index is -0.677. The van der Waals surface area contributed by atoms with Crippen LogP contribution in [0.2, 0.25) is 0 Å². The predicted octanol–water partition coefficient (Wildman–Crippen LogP) is 2.55. The van der Waals surface area contributed by atoms with E-state index in [0.717, 1.165) is 5.57 Å². The van der Waals surface area contributed by atoms with Gasteiger partial charge >= 0.3 is 17.9 Å². The van der Waals surface area contributed by atoms with Gasteiger partial charge in [-0.25, -0.2) is 9.59 Å². The zero-order valence-electron chi connectivity index (χ0n) is 17.3. The van der Waals surface area contributed by atoms with E-state index in [4.69, 9.17) is 14.2 Å². The van der Waals surface area contributed by atoms with Crippen LogP contribution >= 0.6 is 0 Å². The van der Waals surface area contributed by atoms with Crippen LogP contribution in [-0.2, 0) is 28.6 Å². The van der Waals surface area contributed by atoms with Gasteiger partial charge in [0.25, 0.3) is 0 Å². The van der Waals surface area contributed by atoms with Crippen molar-refractivity contribution in [1.82, 2.24) is 0 Å². The fourth-order valence-electron chi connectivity index (χ4n) is 3.29. The van der Waals surface area contributed by atoms with Gasteiger partial charge in [0.2, 0.25) is 0 Å². The van der Waals surface area contributed by atoms with Crippen LogP contribution in [0.25, 0.3) is 0 Å². The highest BCUT2D eigenvalue weighted by molar-refractivity contribution is 5.92. The van der Waals surface area contributed by atoms with Crippen LogP contribution in [0.3, 0.4) is 0 Å². The minimum absolute atomic E-state index is 0.0277. The first-order valence-electron chi connectivity index (χ1n) is 9.53. The molecule has 1 heterocycles. The third kappa shape index (κ3) is 5.90. The Hall–Kier alpha value is -2.67. The first-order chi connectivity index (χ1) is 13.6. The first-order valence-corrected chi connectivity index (χ1v) is 9.53. The molecule has 0 spiro atoms. The summed E-state index contributed by atoms with van der Waals surface area (Å²) in [7, 11) is 0. The minimum Gasteiger partial charge on any atom is -0.462 e. The van der Waals surface area contributed by atoms with Crippen LogP contribution in [0.15, 0.2) is 47.1 Å². The molecule has 0 aromatic carbocycles. The van der Waals surface area contributed by atoms with Crippen molar-refractivity contribution in [2.24, 2.45) is 5.92 Å². The SMILES string of the molecule is C=C1C(=O)O[C@@H]2/C=C(\C)[C@@H](O)C/C=C(/C)C[C@@H](OC(=O)/C(C)=C/COC(C)=O)[C@@H]12. The molecule has 1 N–H and O–H groups in total. The normalized spacial score (nSPS) is 31.6. The molecule has 2 rings (SSSR count). The summed E-state index contributed by atoms with van der Waals surface area (Å²) in [4.78, 5) is 35.6. The Balaban J connectivity index is 2.29. The van der Waals surface area contributed by atoms with Crippen molar-refractivity contribution in [2.45, 2.75) is 58.8 Å². The van der Waals surface area contributed by atoms with E-state index in [0.29, 0.717) is 24.0 Å². The molecular weight excluding hydrogens is 376 g/mol. The van der Waals surface area contributed by atoms with Crippen molar-refractivity contribution in [3.63, 3.8) is 0 Å². The molecular formula is C22H28O7. The summed E-state index contributed by atoms with van der Waals surface area (Å²) in [5.74, 6) is -2.11. The average molecular weight is 404 g/mol. The molecule has 29 heavy (non-hydrogen) atoms. The van der Waals surface area contributed by atoms with Crippen molar-refractivity contribution in [3.05, 3.63) is 47.1 Å². The fraction of sp³-hybridized carbons (Fsp3) is 0.500. The highest BCUT2D eigenvalue weighted by Crippen LogP contribution is 2.36. The van der Waals surface area contributed by atoms with Crippen LogP contribution < -0.4 is 0 Å². The van der Waals surface area contributed by atoms with Gasteiger partial charge in [-0.05, 0) is 44.9 Å². The Kier molecular flexibility index (Phi) is 7.56. The third-order valence-corrected chi connectivity index (χ3v) is 5.08. The molecule has 0 aromatic heterocycles. The van der Waals surface area contributed by atoms with E-state index in [9.17, 15) is 19.5 Å². The highest BCUT2D eigenvalue weighted by Gasteiger charge is 2.44. The molecule has 1 aliphatic heterocycles. The van der Waals surface area contributed by atoms with Gasteiger partial charge in [-0.1, -0.05) is 18.2 Å². The summed E-state index contributed by atoms with van der Waals surface area (Å²) in [6, 6.07) is 0. The molecule has 0 unspecified atom stereocenters. The van der Waals surface area contributed by atoms with Crippen LogP contribution in [0.4, 0.5) is 0 Å². The summed E-state index contributed by atoms with van der Waals surface area (Å²) < 4.78 is 16.0. The Morgan fingerprint density at radius 1 is 1.34 bits per heavy atom. The zero-order chi connectivity index (χ0) is 21.7. The quantitative estimate of drug-likeness (QED) is 0.333. The molecule has 7 heteroatoms. The highest BCUT2D eigenvalue weighted by atomic mass is 16.6. The van der Waals surface area contributed by atoms with E-state index in [2.05, 4.69) is 6.58 Å². The number of aliphatic hydroxyl groups is 1. The maximum absolute atomic E-state index is 12.6. The lowest BCUT2D eigenvalue weighted by Gasteiger charge is -2.28. The lowest BCUT2D eigenvalue weighted by molar-refractivity contribution is -0.147. The summed E-state index contributed by atoms with van der Waals surface area (Å²) in [6.45, 7) is 10.3. The first kappa shape index (κ1) is 22.6. The fourth-order valence-corrected chi connectivity index (χ4v) is 3.29. The standard InChI is InChI=1S/C22H28O7/c1-12-6-7-17(24)14(3)11-19-20(15(4)22(26)29-19)18(10-12)28-21(25)13(2)8-9-27-16(5)23/h6,8,11,17-20,24H,4,7,9-10H2,1-3,5H3/b12-6-,13-8+,14-11+/t17-,18+,19+,20+/m0/s1. The number of rotatable bonds is 4. The van der Waals surface area contributed by atoms with E-state index in [-0.39, 0.29) is 12.2 Å². The lowest BCUT2D eigenvalue weighted by atomic mass is 9.85. The van der Waals surface area contributed by atoms with Gasteiger partial charge in [-0.3, -0.25) is 4.79 Å². The number of ether oxygens (including phenoxy) is 3. The van der Waals surface area contributed by atoms with E-state index in [1.165, 1.54) is 13.0 Å². The van der Waals surface area contributed by atoms with Crippen LogP contribution in [0.5, 0.6) is 0 Å². The molecule has 0 amide bonds. The van der Waals surface area contributed by atoms with Crippen molar-refractivity contribution in [2.75, 3.05) is 6.61 Å². The maximum Gasteiger partial charge on any atom is 0.334 e. The summed E-state index contributed by atoms with van der Waals surface area (Å²) in [5.41, 5.74) is 2.13. The summed E-state index contributed by atoms with van der Waals surface area (Å²) >= 11 is 0. The molecule has 0 bridgehead atoms. The largest absolute Gasteiger partial charge is 0.462 e. The van der Waals surface area contributed by atoms with Gasteiger partial charge in [-0.2, -0.15) is 0 Å². The number of fused-ring (bicyclic) bond motifs is 1. The van der Waals surface area contributed by atoms with E-state index < -0.39 is 42.1 Å². The van der Waals surface area contributed by atoms with Gasteiger partial charge in [0.15, 0.2) is 0 Å². The van der Waals surface area contributed by atoms with Crippen molar-refractivity contribution >= 4 is 17.9 Å². The molecule has 7 nitrogen and oxygen atoms in total. The molecule has 1 fully saturated rings. The number of carbonyl (C=O) groups is 3. The number of esters is 3. The number of carbonyl (C=O) groups excluding carboxylic acids is 3. The van der Waals surface area contributed by atoms with Gasteiger partial charge < -0.3 is 19.3 Å². The van der Waals surface area contributed by atoms with Gasteiger partial charge in [-0.15, -0.1) is 0 Å². The molecule has 0 radical (unpaired) electrons. The third-order valence-electron chi connectivity index (χ3n) is 5.08. The van der Waals surface area contributed by atoms with Crippen molar-refractivity contribution in [1.29, 1.82) is 0 Å². The number of aliphatic hydroxyl groups excluding tert-OH is 1. The molecule has 158 valence electrons. The summed E-state index contributed by atoms with van der Waals surface area (Å²) in [6.07, 6.45) is 3.84. The Morgan fingerprint density at radius 3 is 2.69 bits per heavy atom. The van der Waals surface area contributed by atoms with E-state index >= 15 is 0 Å². The Morgan fingerprint density at radius 2 is 2.03 bits per heavy atom. The van der Waals surface area contributed by atoms with E-state index in [1.807, 2.05) is 13.0 Å². The summed E-state index contributed by atoms with van der Waals surface area (Å²) in [5, 5.41) is 10.3. The topological polar surface area (TPSA) is 99.1 Å². The second kappa shape index (κ2) is 9.69. The Bertz CT molecular complexity index is 787. The molecule has 1 saturated heterocycles. The lowest BCUT2D eigenvalue weighted by Crippen LogP contribution is -2.34. The molecule has 0 aromatic rings. The predicted molar refractivity (Wildman–Crippen MR) is 106 cm³/mol. The second-order valence-corrected chi connectivity index (χ2v) is 7.47. The van der Waals surface area contributed by atoms with Gasteiger partial charge in [0.05, 0.1) is 12.0 Å². The number of hydrogen-bond donors (Lipinski definition) is 1. The number of hydrogen-bond acceptors (Lipinski definition) is 7. The monoisotopic (exact) mass is 404 g/mol. The van der Waals surface area contributed by atoms with Crippen molar-refractivity contribution in [3.8, 4) is 0 Å². The molecule has 4 atom stereocenters. The zero-order valence-corrected chi connectivity index (χ0v) is 17.3. The van der Waals surface area contributed by atoms with Gasteiger partial charge in [0.1, 0.15) is 18.8 Å².